The standard InChI is InChI=1S/C60H39N3O2/c1-60(2)49-25-10-8-20-42(49)47-34-39(29-31-50(47)60)37-17-12-18-38(33-37)40-30-32-52-48(35-40)56-46(24-14-28-54(56)65-52)59-62-57(43-21-7-6-19-41(43)36-15-4-3-5-16-36)61-58(63-59)45-23-13-27-53-55(45)44-22-9-11-26-51(44)64-53/h3-35H,1-2H3. The van der Waals surface area contributed by atoms with E-state index in [-0.39, 0.29) is 5.41 Å². The van der Waals surface area contributed by atoms with Crippen LogP contribution in [0.1, 0.15) is 25.0 Å². The Labute approximate surface area is 375 Å². The molecule has 0 radical (unpaired) electrons. The van der Waals surface area contributed by atoms with Crippen molar-refractivity contribution < 1.29 is 8.83 Å². The normalized spacial score (nSPS) is 12.9. The molecule has 3 heterocycles. The highest BCUT2D eigenvalue weighted by Gasteiger charge is 2.35. The summed E-state index contributed by atoms with van der Waals surface area (Å²) in [6.07, 6.45) is 0. The van der Waals surface area contributed by atoms with Crippen molar-refractivity contribution in [3.05, 3.63) is 211 Å². The van der Waals surface area contributed by atoms with Crippen molar-refractivity contribution in [1.29, 1.82) is 0 Å². The van der Waals surface area contributed by atoms with E-state index < -0.39 is 0 Å². The van der Waals surface area contributed by atoms with Crippen LogP contribution in [0.2, 0.25) is 0 Å². The van der Waals surface area contributed by atoms with E-state index in [1.807, 2.05) is 54.6 Å². The molecule has 12 aromatic rings. The molecule has 0 amide bonds. The summed E-state index contributed by atoms with van der Waals surface area (Å²) in [5.74, 6) is 1.70. The molecular weight excluding hydrogens is 795 g/mol. The molecule has 0 N–H and O–H groups in total. The fourth-order valence-corrected chi connectivity index (χ4v) is 10.2. The third-order valence-electron chi connectivity index (χ3n) is 13.4. The maximum atomic E-state index is 6.61. The van der Waals surface area contributed by atoms with E-state index in [0.29, 0.717) is 17.5 Å². The molecule has 0 unspecified atom stereocenters. The lowest BCUT2D eigenvalue weighted by Gasteiger charge is -2.21. The Hall–Kier alpha value is -8.41. The van der Waals surface area contributed by atoms with E-state index in [2.05, 4.69) is 159 Å². The van der Waals surface area contributed by atoms with Crippen molar-refractivity contribution in [2.75, 3.05) is 0 Å². The molecule has 9 aromatic carbocycles. The third kappa shape index (κ3) is 5.89. The van der Waals surface area contributed by atoms with E-state index in [9.17, 15) is 0 Å². The summed E-state index contributed by atoms with van der Waals surface area (Å²) in [6, 6.07) is 70.2. The van der Waals surface area contributed by atoms with Gasteiger partial charge in [0.25, 0.3) is 0 Å². The first kappa shape index (κ1) is 37.2. The first-order valence-electron chi connectivity index (χ1n) is 22.1. The lowest BCUT2D eigenvalue weighted by atomic mass is 9.82. The Morgan fingerprint density at radius 3 is 1.52 bits per heavy atom. The summed E-state index contributed by atoms with van der Waals surface area (Å²) < 4.78 is 13.0. The predicted octanol–water partition coefficient (Wildman–Crippen LogP) is 16.0. The van der Waals surface area contributed by atoms with Crippen molar-refractivity contribution in [1.82, 2.24) is 15.0 Å². The van der Waals surface area contributed by atoms with Gasteiger partial charge in [0.2, 0.25) is 0 Å². The van der Waals surface area contributed by atoms with Crippen LogP contribution in [-0.4, -0.2) is 15.0 Å². The van der Waals surface area contributed by atoms with Crippen LogP contribution in [0.5, 0.6) is 0 Å². The molecule has 0 aliphatic heterocycles. The van der Waals surface area contributed by atoms with Crippen LogP contribution in [0, 0.1) is 0 Å². The molecule has 0 fully saturated rings. The molecule has 0 atom stereocenters. The monoisotopic (exact) mass is 833 g/mol. The van der Waals surface area contributed by atoms with Crippen molar-refractivity contribution in [3.8, 4) is 78.7 Å². The molecule has 0 saturated heterocycles. The number of fused-ring (bicyclic) bond motifs is 9. The zero-order valence-corrected chi connectivity index (χ0v) is 35.7. The fourth-order valence-electron chi connectivity index (χ4n) is 10.2. The van der Waals surface area contributed by atoms with E-state index in [4.69, 9.17) is 23.8 Å². The zero-order chi connectivity index (χ0) is 43.2. The van der Waals surface area contributed by atoms with Gasteiger partial charge in [-0.2, -0.15) is 0 Å². The van der Waals surface area contributed by atoms with E-state index in [1.165, 1.54) is 33.4 Å². The number of rotatable bonds is 6. The molecule has 5 heteroatoms. The number of hydrogen-bond donors (Lipinski definition) is 0. The minimum Gasteiger partial charge on any atom is -0.456 e. The van der Waals surface area contributed by atoms with Crippen LogP contribution in [0.15, 0.2) is 209 Å². The van der Waals surface area contributed by atoms with Crippen molar-refractivity contribution in [2.24, 2.45) is 0 Å². The van der Waals surface area contributed by atoms with Gasteiger partial charge in [-0.3, -0.25) is 0 Å². The topological polar surface area (TPSA) is 65.0 Å². The number of hydrogen-bond acceptors (Lipinski definition) is 5. The molecule has 5 nitrogen and oxygen atoms in total. The number of aromatic nitrogens is 3. The number of para-hydroxylation sites is 1. The SMILES string of the molecule is CC1(C)c2ccccc2-c2cc(-c3cccc(-c4ccc5oc6cccc(-c7nc(-c8ccccc8-c8ccccc8)nc(-c8cccc9oc%10ccccc%10c89)n7)c6c5c4)c3)ccc21. The van der Waals surface area contributed by atoms with Crippen LogP contribution in [0.4, 0.5) is 0 Å². The molecule has 65 heavy (non-hydrogen) atoms. The van der Waals surface area contributed by atoms with E-state index >= 15 is 0 Å². The summed E-state index contributed by atoms with van der Waals surface area (Å²) in [6.45, 7) is 4.65. The summed E-state index contributed by atoms with van der Waals surface area (Å²) in [7, 11) is 0. The van der Waals surface area contributed by atoms with Gasteiger partial charge in [-0.1, -0.05) is 172 Å². The molecule has 0 saturated carbocycles. The average molecular weight is 834 g/mol. The van der Waals surface area contributed by atoms with Gasteiger partial charge >= 0.3 is 0 Å². The first-order chi connectivity index (χ1) is 32.0. The molecule has 1 aliphatic rings. The summed E-state index contributed by atoms with van der Waals surface area (Å²) in [5.41, 5.74) is 17.9. The largest absolute Gasteiger partial charge is 0.456 e. The van der Waals surface area contributed by atoms with Crippen LogP contribution < -0.4 is 0 Å². The highest BCUT2D eigenvalue weighted by Crippen LogP contribution is 2.50. The maximum Gasteiger partial charge on any atom is 0.164 e. The average Bonchev–Trinajstić information content (AvgIpc) is 4.01. The quantitative estimate of drug-likeness (QED) is 0.167. The second-order valence-corrected chi connectivity index (χ2v) is 17.5. The number of nitrogens with zero attached hydrogens (tertiary/aromatic N) is 3. The molecule has 0 spiro atoms. The van der Waals surface area contributed by atoms with Crippen LogP contribution >= 0.6 is 0 Å². The molecule has 13 rings (SSSR count). The van der Waals surface area contributed by atoms with E-state index in [0.717, 1.165) is 82.8 Å². The lowest BCUT2D eigenvalue weighted by Crippen LogP contribution is -2.14. The van der Waals surface area contributed by atoms with Gasteiger partial charge in [-0.15, -0.1) is 0 Å². The Morgan fingerprint density at radius 1 is 0.308 bits per heavy atom. The van der Waals surface area contributed by atoms with Crippen LogP contribution in [0.25, 0.3) is 123 Å². The van der Waals surface area contributed by atoms with E-state index in [1.54, 1.807) is 0 Å². The molecule has 1 aliphatic carbocycles. The Kier molecular flexibility index (Phi) is 8.18. The van der Waals surface area contributed by atoms with Gasteiger partial charge in [-0.25, -0.2) is 15.0 Å². The smallest absolute Gasteiger partial charge is 0.164 e. The zero-order valence-electron chi connectivity index (χ0n) is 35.7. The van der Waals surface area contributed by atoms with Crippen molar-refractivity contribution in [3.63, 3.8) is 0 Å². The summed E-state index contributed by atoms with van der Waals surface area (Å²) in [5, 5.41) is 3.92. The molecule has 306 valence electrons. The predicted molar refractivity (Wildman–Crippen MR) is 265 cm³/mol. The maximum absolute atomic E-state index is 6.61. The third-order valence-corrected chi connectivity index (χ3v) is 13.4. The summed E-state index contributed by atoms with van der Waals surface area (Å²) >= 11 is 0. The first-order valence-corrected chi connectivity index (χ1v) is 22.1. The Morgan fingerprint density at radius 2 is 0.785 bits per heavy atom. The van der Waals surface area contributed by atoms with Crippen molar-refractivity contribution in [2.45, 2.75) is 19.3 Å². The highest BCUT2D eigenvalue weighted by molar-refractivity contribution is 6.14. The second-order valence-electron chi connectivity index (χ2n) is 17.5. The van der Waals surface area contributed by atoms with Crippen molar-refractivity contribution >= 4 is 43.9 Å². The second kappa shape index (κ2) is 14.3. The Bertz CT molecular complexity index is 3880. The molecule has 3 aromatic heterocycles. The highest BCUT2D eigenvalue weighted by atomic mass is 16.3. The summed E-state index contributed by atoms with van der Waals surface area (Å²) in [4.78, 5) is 16.0. The minimum absolute atomic E-state index is 0.0340. The van der Waals surface area contributed by atoms with Gasteiger partial charge in [-0.05, 0) is 98.1 Å². The Balaban J connectivity index is 0.982. The fraction of sp³-hybridized carbons (Fsp3) is 0.0500. The van der Waals surface area contributed by atoms with Gasteiger partial charge < -0.3 is 8.83 Å². The number of benzene rings is 9. The number of furan rings is 2. The van der Waals surface area contributed by atoms with Gasteiger partial charge in [0, 0.05) is 43.7 Å². The van der Waals surface area contributed by atoms with Gasteiger partial charge in [0.15, 0.2) is 17.5 Å². The molecule has 0 bridgehead atoms. The molecular formula is C60H39N3O2. The van der Waals surface area contributed by atoms with Crippen LogP contribution in [-0.2, 0) is 5.41 Å². The van der Waals surface area contributed by atoms with Crippen LogP contribution in [0.3, 0.4) is 0 Å². The lowest BCUT2D eigenvalue weighted by molar-refractivity contribution is 0.660. The van der Waals surface area contributed by atoms with Gasteiger partial charge in [0.1, 0.15) is 22.3 Å². The van der Waals surface area contributed by atoms with Gasteiger partial charge in [0.05, 0.1) is 0 Å². The minimum atomic E-state index is -0.0340.